The van der Waals surface area contributed by atoms with E-state index in [1.165, 1.54) is 10.6 Å². The van der Waals surface area contributed by atoms with E-state index >= 15 is 0 Å². The molecule has 0 aliphatic carbocycles. The molecule has 2 aromatic heterocycles. The van der Waals surface area contributed by atoms with Gasteiger partial charge in [0.25, 0.3) is 0 Å². The van der Waals surface area contributed by atoms with Gasteiger partial charge >= 0.3 is 0 Å². The average Bonchev–Trinajstić information content (AvgIpc) is 3.10. The fourth-order valence-corrected chi connectivity index (χ4v) is 2.98. The van der Waals surface area contributed by atoms with Crippen molar-refractivity contribution in [1.82, 2.24) is 15.6 Å². The number of thiazole rings is 1. The summed E-state index contributed by atoms with van der Waals surface area (Å²) in [4.78, 5) is 8.72. The summed E-state index contributed by atoms with van der Waals surface area (Å²) in [7, 11) is 1.78. The molecule has 0 spiro atoms. The van der Waals surface area contributed by atoms with Crippen molar-refractivity contribution in [2.24, 2.45) is 4.99 Å². The first-order chi connectivity index (χ1) is 9.31. The topological polar surface area (TPSA) is 49.3 Å². The van der Waals surface area contributed by atoms with Crippen molar-refractivity contribution < 1.29 is 0 Å². The Kier molecular flexibility index (Phi) is 5.35. The molecule has 0 fully saturated rings. The maximum absolute atomic E-state index is 4.52. The first-order valence-corrected chi connectivity index (χ1v) is 8.03. The number of aryl methyl sites for hydroxylation is 1. The van der Waals surface area contributed by atoms with Crippen LogP contribution >= 0.6 is 22.7 Å². The highest BCUT2D eigenvalue weighted by atomic mass is 32.1. The molecule has 0 atom stereocenters. The minimum Gasteiger partial charge on any atom is -0.352 e. The van der Waals surface area contributed by atoms with Crippen molar-refractivity contribution in [3.05, 3.63) is 38.5 Å². The van der Waals surface area contributed by atoms with Crippen LogP contribution in [-0.4, -0.2) is 18.0 Å². The van der Waals surface area contributed by atoms with E-state index in [2.05, 4.69) is 49.7 Å². The summed E-state index contributed by atoms with van der Waals surface area (Å²) in [5.41, 5.74) is 2.34. The van der Waals surface area contributed by atoms with E-state index in [1.807, 2.05) is 0 Å². The smallest absolute Gasteiger partial charge is 0.191 e. The Balaban J connectivity index is 1.79. The zero-order valence-electron chi connectivity index (χ0n) is 11.1. The second-order valence-corrected chi connectivity index (χ2v) is 5.72. The van der Waals surface area contributed by atoms with E-state index < -0.39 is 0 Å². The second-order valence-electron chi connectivity index (χ2n) is 4.00. The van der Waals surface area contributed by atoms with Crippen LogP contribution < -0.4 is 10.6 Å². The van der Waals surface area contributed by atoms with E-state index in [1.54, 1.807) is 29.7 Å². The highest BCUT2D eigenvalue weighted by Gasteiger charge is 2.02. The van der Waals surface area contributed by atoms with Crippen molar-refractivity contribution in [2.75, 3.05) is 7.05 Å². The number of nitrogens with zero attached hydrogens (tertiary/aromatic N) is 2. The predicted octanol–water partition coefficient (Wildman–Crippen LogP) is 2.63. The standard InChI is InChI=1S/C13H18N4S2/c1-3-12-17-11(9-19-12)7-16-13(14-2)15-6-10-4-5-18-8-10/h4-5,8-9H,3,6-7H2,1-2H3,(H2,14,15,16). The van der Waals surface area contributed by atoms with E-state index in [4.69, 9.17) is 0 Å². The van der Waals surface area contributed by atoms with Gasteiger partial charge in [0.2, 0.25) is 0 Å². The van der Waals surface area contributed by atoms with Gasteiger partial charge in [0.05, 0.1) is 17.2 Å². The van der Waals surface area contributed by atoms with Gasteiger partial charge in [-0.05, 0) is 28.8 Å². The molecular weight excluding hydrogens is 276 g/mol. The fraction of sp³-hybridized carbons (Fsp3) is 0.385. The Morgan fingerprint density at radius 3 is 2.79 bits per heavy atom. The molecule has 0 aliphatic rings. The number of rotatable bonds is 5. The Hall–Kier alpha value is -1.40. The van der Waals surface area contributed by atoms with Gasteiger partial charge in [-0.2, -0.15) is 11.3 Å². The average molecular weight is 294 g/mol. The quantitative estimate of drug-likeness (QED) is 0.658. The third-order valence-corrected chi connectivity index (χ3v) is 4.38. The summed E-state index contributed by atoms with van der Waals surface area (Å²) in [5, 5.41) is 14.0. The molecule has 2 N–H and O–H groups in total. The summed E-state index contributed by atoms with van der Waals surface area (Å²) < 4.78 is 0. The van der Waals surface area contributed by atoms with Crippen LogP contribution in [0.1, 0.15) is 23.2 Å². The Morgan fingerprint density at radius 1 is 1.32 bits per heavy atom. The summed E-state index contributed by atoms with van der Waals surface area (Å²) in [6.45, 7) is 3.62. The van der Waals surface area contributed by atoms with Crippen molar-refractivity contribution in [2.45, 2.75) is 26.4 Å². The first-order valence-electron chi connectivity index (χ1n) is 6.20. The van der Waals surface area contributed by atoms with Crippen LogP contribution in [0.2, 0.25) is 0 Å². The van der Waals surface area contributed by atoms with Gasteiger partial charge in [-0.25, -0.2) is 4.98 Å². The maximum Gasteiger partial charge on any atom is 0.191 e. The second kappa shape index (κ2) is 7.25. The molecule has 19 heavy (non-hydrogen) atoms. The third kappa shape index (κ3) is 4.33. The molecule has 0 saturated carbocycles. The molecular formula is C13H18N4S2. The largest absolute Gasteiger partial charge is 0.352 e. The van der Waals surface area contributed by atoms with Crippen LogP contribution in [-0.2, 0) is 19.5 Å². The summed E-state index contributed by atoms with van der Waals surface area (Å²) in [6.07, 6.45) is 0.996. The molecule has 0 aromatic carbocycles. The molecule has 0 bridgehead atoms. The Labute approximate surface area is 121 Å². The van der Waals surface area contributed by atoms with Gasteiger partial charge in [0, 0.05) is 19.0 Å². The number of guanidine groups is 1. The van der Waals surface area contributed by atoms with Gasteiger partial charge in [0.1, 0.15) is 0 Å². The highest BCUT2D eigenvalue weighted by Crippen LogP contribution is 2.09. The number of thiophene rings is 1. The predicted molar refractivity (Wildman–Crippen MR) is 82.8 cm³/mol. The molecule has 2 rings (SSSR count). The molecule has 4 nitrogen and oxygen atoms in total. The van der Waals surface area contributed by atoms with Crippen molar-refractivity contribution in [3.8, 4) is 0 Å². The maximum atomic E-state index is 4.52. The SMILES string of the molecule is CCc1nc(CNC(=NC)NCc2ccsc2)cs1. The molecule has 102 valence electrons. The van der Waals surface area contributed by atoms with Gasteiger partial charge in [-0.3, -0.25) is 4.99 Å². The van der Waals surface area contributed by atoms with Crippen molar-refractivity contribution in [1.29, 1.82) is 0 Å². The Morgan fingerprint density at radius 2 is 2.16 bits per heavy atom. The zero-order chi connectivity index (χ0) is 13.5. The van der Waals surface area contributed by atoms with Crippen LogP contribution in [0.3, 0.4) is 0 Å². The van der Waals surface area contributed by atoms with E-state index in [0.717, 1.165) is 24.6 Å². The normalized spacial score (nSPS) is 11.6. The van der Waals surface area contributed by atoms with Crippen LogP contribution in [0.5, 0.6) is 0 Å². The Bertz CT molecular complexity index is 516. The summed E-state index contributed by atoms with van der Waals surface area (Å²) in [5.74, 6) is 0.803. The fourth-order valence-electron chi connectivity index (χ4n) is 1.57. The van der Waals surface area contributed by atoms with Gasteiger partial charge < -0.3 is 10.6 Å². The summed E-state index contributed by atoms with van der Waals surface area (Å²) >= 11 is 3.42. The number of hydrogen-bond acceptors (Lipinski definition) is 4. The lowest BCUT2D eigenvalue weighted by atomic mass is 10.3. The first kappa shape index (κ1) is 14.0. The van der Waals surface area contributed by atoms with Crippen LogP contribution in [0.15, 0.2) is 27.2 Å². The van der Waals surface area contributed by atoms with Crippen LogP contribution in [0.4, 0.5) is 0 Å². The van der Waals surface area contributed by atoms with Gasteiger partial charge in [-0.1, -0.05) is 6.92 Å². The van der Waals surface area contributed by atoms with Crippen molar-refractivity contribution >= 4 is 28.6 Å². The molecule has 0 saturated heterocycles. The molecule has 2 heterocycles. The van der Waals surface area contributed by atoms with Crippen LogP contribution in [0, 0.1) is 0 Å². The molecule has 0 unspecified atom stereocenters. The van der Waals surface area contributed by atoms with Gasteiger partial charge in [0.15, 0.2) is 5.96 Å². The lowest BCUT2D eigenvalue weighted by Crippen LogP contribution is -2.36. The monoisotopic (exact) mass is 294 g/mol. The lowest BCUT2D eigenvalue weighted by Gasteiger charge is -2.10. The van der Waals surface area contributed by atoms with E-state index in [9.17, 15) is 0 Å². The lowest BCUT2D eigenvalue weighted by molar-refractivity contribution is 0.796. The van der Waals surface area contributed by atoms with E-state index in [0.29, 0.717) is 6.54 Å². The van der Waals surface area contributed by atoms with Crippen molar-refractivity contribution in [3.63, 3.8) is 0 Å². The van der Waals surface area contributed by atoms with Crippen LogP contribution in [0.25, 0.3) is 0 Å². The zero-order valence-corrected chi connectivity index (χ0v) is 12.8. The molecule has 0 amide bonds. The molecule has 0 aliphatic heterocycles. The third-order valence-electron chi connectivity index (χ3n) is 2.60. The summed E-state index contributed by atoms with van der Waals surface area (Å²) in [6, 6.07) is 2.11. The number of aromatic nitrogens is 1. The van der Waals surface area contributed by atoms with Gasteiger partial charge in [-0.15, -0.1) is 11.3 Å². The minimum atomic E-state index is 0.708. The number of nitrogens with one attached hydrogen (secondary N) is 2. The molecule has 6 heteroatoms. The highest BCUT2D eigenvalue weighted by molar-refractivity contribution is 7.09. The minimum absolute atomic E-state index is 0.708. The number of hydrogen-bond donors (Lipinski definition) is 2. The van der Waals surface area contributed by atoms with E-state index in [-0.39, 0.29) is 0 Å². The molecule has 2 aromatic rings. The number of aliphatic imine (C=N–C) groups is 1. The molecule has 0 radical (unpaired) electrons.